The van der Waals surface area contributed by atoms with Crippen LogP contribution in [0.2, 0.25) is 4.34 Å². The lowest BCUT2D eigenvalue weighted by Crippen LogP contribution is -2.11. The average Bonchev–Trinajstić information content (AvgIpc) is 3.16. The number of hydrogen-bond donors (Lipinski definition) is 2. The monoisotopic (exact) mass is 322 g/mol. The van der Waals surface area contributed by atoms with Gasteiger partial charge in [-0.1, -0.05) is 11.6 Å². The lowest BCUT2D eigenvalue weighted by atomic mass is 10.5. The molecule has 8 nitrogen and oxygen atoms in total. The van der Waals surface area contributed by atoms with Crippen LogP contribution in [0.25, 0.3) is 5.95 Å². The fourth-order valence-electron chi connectivity index (χ4n) is 1.58. The molecule has 0 unspecified atom stereocenters. The number of nitrogens with zero attached hydrogens (tertiary/aromatic N) is 6. The van der Waals surface area contributed by atoms with Gasteiger partial charge in [-0.25, -0.2) is 4.98 Å². The van der Waals surface area contributed by atoms with Crippen LogP contribution >= 0.6 is 22.9 Å². The zero-order chi connectivity index (χ0) is 14.7. The summed E-state index contributed by atoms with van der Waals surface area (Å²) in [4.78, 5) is 17.7. The third kappa shape index (κ3) is 3.26. The van der Waals surface area contributed by atoms with E-state index in [1.165, 1.54) is 28.7 Å². The van der Waals surface area contributed by atoms with Crippen LogP contribution in [0, 0.1) is 0 Å². The van der Waals surface area contributed by atoms with Gasteiger partial charge < -0.3 is 10.6 Å². The SMILES string of the molecule is CNc1nc(NCc2ccc(Cl)s2)nc(-n2cncn2)n1. The lowest BCUT2D eigenvalue weighted by molar-refractivity contribution is 0.795. The van der Waals surface area contributed by atoms with Gasteiger partial charge in [0.05, 0.1) is 10.9 Å². The molecule has 3 rings (SSSR count). The summed E-state index contributed by atoms with van der Waals surface area (Å²) in [5.74, 6) is 1.28. The Morgan fingerprint density at radius 1 is 1.24 bits per heavy atom. The second-order valence-electron chi connectivity index (χ2n) is 3.93. The van der Waals surface area contributed by atoms with Gasteiger partial charge in [0.15, 0.2) is 0 Å². The first kappa shape index (κ1) is 13.7. The first-order valence-corrected chi connectivity index (χ1v) is 7.21. The Kier molecular flexibility index (Phi) is 3.93. The van der Waals surface area contributed by atoms with Crippen molar-refractivity contribution in [2.24, 2.45) is 0 Å². The molecular formula is C11H11ClN8S. The number of hydrogen-bond acceptors (Lipinski definition) is 8. The van der Waals surface area contributed by atoms with Crippen molar-refractivity contribution in [3.05, 3.63) is 34.0 Å². The van der Waals surface area contributed by atoms with E-state index in [4.69, 9.17) is 11.6 Å². The number of nitrogens with one attached hydrogen (secondary N) is 2. The minimum atomic E-state index is 0.388. The third-order valence-electron chi connectivity index (χ3n) is 2.52. The topological polar surface area (TPSA) is 93.4 Å². The van der Waals surface area contributed by atoms with Crippen LogP contribution in [-0.2, 0) is 6.54 Å². The van der Waals surface area contributed by atoms with Crippen LogP contribution in [0.5, 0.6) is 0 Å². The first-order chi connectivity index (χ1) is 10.2. The standard InChI is InChI=1S/C11H11ClN8S/c1-13-9-17-10(15-4-7-2-3-8(12)21-7)19-11(18-9)20-6-14-5-16-20/h2-3,5-6H,4H2,1H3,(H2,13,15,17,18,19). The highest BCUT2D eigenvalue weighted by molar-refractivity contribution is 7.16. The predicted molar refractivity (Wildman–Crippen MR) is 80.9 cm³/mol. The van der Waals surface area contributed by atoms with Crippen LogP contribution in [0.1, 0.15) is 4.88 Å². The Bertz CT molecular complexity index is 726. The van der Waals surface area contributed by atoms with Gasteiger partial charge in [-0.3, -0.25) is 0 Å². The van der Waals surface area contributed by atoms with Crippen molar-refractivity contribution in [2.75, 3.05) is 17.7 Å². The second kappa shape index (κ2) is 6.02. The third-order valence-corrected chi connectivity index (χ3v) is 3.75. The second-order valence-corrected chi connectivity index (χ2v) is 5.73. The van der Waals surface area contributed by atoms with Gasteiger partial charge >= 0.3 is 0 Å². The van der Waals surface area contributed by atoms with E-state index < -0.39 is 0 Å². The summed E-state index contributed by atoms with van der Waals surface area (Å²) in [6.45, 7) is 0.585. The summed E-state index contributed by atoms with van der Waals surface area (Å²) in [5.41, 5.74) is 0. The molecule has 0 aliphatic rings. The van der Waals surface area contributed by atoms with E-state index in [2.05, 4.69) is 35.7 Å². The van der Waals surface area contributed by atoms with Crippen LogP contribution < -0.4 is 10.6 Å². The molecule has 0 radical (unpaired) electrons. The Morgan fingerprint density at radius 2 is 2.10 bits per heavy atom. The van der Waals surface area contributed by atoms with E-state index in [0.29, 0.717) is 24.4 Å². The van der Waals surface area contributed by atoms with Crippen LogP contribution in [0.4, 0.5) is 11.9 Å². The molecule has 0 amide bonds. The lowest BCUT2D eigenvalue weighted by Gasteiger charge is -2.07. The average molecular weight is 323 g/mol. The van der Waals surface area contributed by atoms with Crippen molar-refractivity contribution in [1.29, 1.82) is 0 Å². The Labute approximate surface area is 129 Å². The quantitative estimate of drug-likeness (QED) is 0.740. The highest BCUT2D eigenvalue weighted by Crippen LogP contribution is 2.22. The maximum Gasteiger partial charge on any atom is 0.258 e. The minimum Gasteiger partial charge on any atom is -0.357 e. The van der Waals surface area contributed by atoms with Gasteiger partial charge in [-0.2, -0.15) is 24.7 Å². The smallest absolute Gasteiger partial charge is 0.258 e. The molecule has 0 atom stereocenters. The summed E-state index contributed by atoms with van der Waals surface area (Å²) < 4.78 is 2.22. The van der Waals surface area contributed by atoms with E-state index >= 15 is 0 Å². The van der Waals surface area contributed by atoms with Crippen molar-refractivity contribution in [3.63, 3.8) is 0 Å². The van der Waals surface area contributed by atoms with E-state index in [1.54, 1.807) is 7.05 Å². The predicted octanol–water partition coefficient (Wildman–Crippen LogP) is 1.82. The Hall–Kier alpha value is -2.26. The molecule has 0 aromatic carbocycles. The molecule has 21 heavy (non-hydrogen) atoms. The van der Waals surface area contributed by atoms with Gasteiger partial charge in [0.1, 0.15) is 12.7 Å². The van der Waals surface area contributed by atoms with Gasteiger partial charge in [0.2, 0.25) is 11.9 Å². The normalized spacial score (nSPS) is 10.6. The molecule has 0 bridgehead atoms. The van der Waals surface area contributed by atoms with Gasteiger partial charge in [0.25, 0.3) is 5.95 Å². The van der Waals surface area contributed by atoms with Crippen molar-refractivity contribution in [3.8, 4) is 5.95 Å². The first-order valence-electron chi connectivity index (χ1n) is 6.01. The summed E-state index contributed by atoms with van der Waals surface area (Å²) in [6.07, 6.45) is 2.95. The van der Waals surface area contributed by atoms with Crippen molar-refractivity contribution in [2.45, 2.75) is 6.54 Å². The highest BCUT2D eigenvalue weighted by atomic mass is 35.5. The van der Waals surface area contributed by atoms with Gasteiger partial charge in [-0.15, -0.1) is 11.3 Å². The van der Waals surface area contributed by atoms with Crippen molar-refractivity contribution < 1.29 is 0 Å². The fraction of sp³-hybridized carbons (Fsp3) is 0.182. The highest BCUT2D eigenvalue weighted by Gasteiger charge is 2.08. The molecule has 3 aromatic rings. The van der Waals surface area contributed by atoms with Gasteiger partial charge in [-0.05, 0) is 12.1 Å². The van der Waals surface area contributed by atoms with Crippen molar-refractivity contribution in [1.82, 2.24) is 29.7 Å². The van der Waals surface area contributed by atoms with Crippen LogP contribution in [-0.4, -0.2) is 36.8 Å². The molecule has 3 aromatic heterocycles. The molecule has 0 fully saturated rings. The van der Waals surface area contributed by atoms with Crippen LogP contribution in [0.3, 0.4) is 0 Å². The molecule has 108 valence electrons. The van der Waals surface area contributed by atoms with E-state index in [9.17, 15) is 0 Å². The van der Waals surface area contributed by atoms with Crippen molar-refractivity contribution >= 4 is 34.8 Å². The molecule has 0 saturated carbocycles. The molecule has 2 N–H and O–H groups in total. The molecule has 10 heteroatoms. The molecule has 3 heterocycles. The molecule has 0 saturated heterocycles. The molecule has 0 spiro atoms. The van der Waals surface area contributed by atoms with Gasteiger partial charge in [0, 0.05) is 11.9 Å². The van der Waals surface area contributed by atoms with E-state index in [-0.39, 0.29) is 0 Å². The maximum atomic E-state index is 5.90. The summed E-state index contributed by atoms with van der Waals surface area (Å²) >= 11 is 7.41. The Balaban J connectivity index is 1.82. The van der Waals surface area contributed by atoms with Crippen LogP contribution in [0.15, 0.2) is 24.8 Å². The summed E-state index contributed by atoms with van der Waals surface area (Å²) in [5, 5.41) is 10.0. The fourth-order valence-corrected chi connectivity index (χ4v) is 2.61. The molecular weight excluding hydrogens is 312 g/mol. The zero-order valence-electron chi connectivity index (χ0n) is 11.0. The molecule has 0 aliphatic carbocycles. The Morgan fingerprint density at radius 3 is 2.76 bits per heavy atom. The number of anilines is 2. The maximum absolute atomic E-state index is 5.90. The van der Waals surface area contributed by atoms with E-state index in [0.717, 1.165) is 9.21 Å². The largest absolute Gasteiger partial charge is 0.357 e. The summed E-state index contributed by atoms with van der Waals surface area (Å²) in [6, 6.07) is 3.81. The van der Waals surface area contributed by atoms with E-state index in [1.807, 2.05) is 12.1 Å². The summed E-state index contributed by atoms with van der Waals surface area (Å²) in [7, 11) is 1.74. The minimum absolute atomic E-state index is 0.388. The number of halogens is 1. The molecule has 0 aliphatic heterocycles. The number of rotatable bonds is 5. The number of aromatic nitrogens is 6. The number of thiophene rings is 1. The zero-order valence-corrected chi connectivity index (χ0v) is 12.6.